The topological polar surface area (TPSA) is 129 Å². The van der Waals surface area contributed by atoms with Crippen molar-refractivity contribution in [2.45, 2.75) is 32.4 Å². The molecule has 2 aliphatic heterocycles. The van der Waals surface area contributed by atoms with Crippen molar-refractivity contribution in [1.29, 1.82) is 0 Å². The molecule has 0 saturated carbocycles. The van der Waals surface area contributed by atoms with Gasteiger partial charge in [-0.3, -0.25) is 0 Å². The second-order valence-corrected chi connectivity index (χ2v) is 9.81. The molecule has 5 rings (SSSR count). The third-order valence-electron chi connectivity index (χ3n) is 6.44. The molecule has 1 fully saturated rings. The van der Waals surface area contributed by atoms with Crippen molar-refractivity contribution in [3.63, 3.8) is 0 Å². The van der Waals surface area contributed by atoms with E-state index < -0.39 is 5.54 Å². The van der Waals surface area contributed by atoms with Gasteiger partial charge in [0.05, 0.1) is 37.6 Å². The molecule has 0 radical (unpaired) electrons. The van der Waals surface area contributed by atoms with Gasteiger partial charge in [0.15, 0.2) is 5.82 Å². The molecule has 0 atom stereocenters. The van der Waals surface area contributed by atoms with E-state index in [1.54, 1.807) is 26.2 Å². The molecule has 194 valence electrons. The van der Waals surface area contributed by atoms with Gasteiger partial charge in [0.25, 0.3) is 0 Å². The Balaban J connectivity index is 1.42. The minimum absolute atomic E-state index is 0.158. The van der Waals surface area contributed by atoms with Crippen LogP contribution in [0.4, 0.5) is 22.2 Å². The Hall–Kier alpha value is -3.83. The van der Waals surface area contributed by atoms with Gasteiger partial charge in [-0.25, -0.2) is 24.7 Å². The normalized spacial score (nSPS) is 15.8. The molecular weight excluding hydrogens is 472 g/mol. The van der Waals surface area contributed by atoms with Crippen molar-refractivity contribution < 1.29 is 14.6 Å². The summed E-state index contributed by atoms with van der Waals surface area (Å²) >= 11 is 0. The van der Waals surface area contributed by atoms with E-state index in [1.165, 1.54) is 5.56 Å². The van der Waals surface area contributed by atoms with Crippen LogP contribution in [0.15, 0.2) is 42.7 Å². The summed E-state index contributed by atoms with van der Waals surface area (Å²) in [6.45, 7) is 7.67. The summed E-state index contributed by atoms with van der Waals surface area (Å²) in [6.07, 6.45) is 4.31. The Labute approximate surface area is 215 Å². The highest BCUT2D eigenvalue weighted by atomic mass is 16.5. The van der Waals surface area contributed by atoms with Crippen molar-refractivity contribution in [3.05, 3.63) is 54.0 Å². The second-order valence-electron chi connectivity index (χ2n) is 9.81. The van der Waals surface area contributed by atoms with Crippen LogP contribution >= 0.6 is 0 Å². The predicted octanol–water partition coefficient (Wildman–Crippen LogP) is 2.23. The fourth-order valence-corrected chi connectivity index (χ4v) is 4.41. The highest BCUT2D eigenvalue weighted by molar-refractivity contribution is 5.90. The van der Waals surface area contributed by atoms with E-state index in [-0.39, 0.29) is 12.6 Å². The summed E-state index contributed by atoms with van der Waals surface area (Å²) < 4.78 is 5.57. The van der Waals surface area contributed by atoms with Gasteiger partial charge in [0.2, 0.25) is 5.95 Å². The number of ether oxygens (including phenoxy) is 1. The maximum absolute atomic E-state index is 12.3. The summed E-state index contributed by atoms with van der Waals surface area (Å²) in [7, 11) is 0. The highest BCUT2D eigenvalue weighted by Crippen LogP contribution is 2.31. The molecule has 11 nitrogen and oxygen atoms in total. The number of nitrogens with zero attached hydrogens (tertiary/aromatic N) is 6. The summed E-state index contributed by atoms with van der Waals surface area (Å²) in [4.78, 5) is 35.5. The van der Waals surface area contributed by atoms with Gasteiger partial charge in [-0.1, -0.05) is 0 Å². The Morgan fingerprint density at radius 3 is 2.49 bits per heavy atom. The molecule has 3 N–H and O–H groups in total. The van der Waals surface area contributed by atoms with Gasteiger partial charge in [-0.2, -0.15) is 0 Å². The predicted molar refractivity (Wildman–Crippen MR) is 141 cm³/mol. The Morgan fingerprint density at radius 1 is 1.05 bits per heavy atom. The number of carbonyl (C=O) groups excluding carboxylic acids is 1. The number of hydrogen-bond donors (Lipinski definition) is 3. The highest BCUT2D eigenvalue weighted by Gasteiger charge is 2.27. The average molecular weight is 505 g/mol. The van der Waals surface area contributed by atoms with Crippen LogP contribution in [-0.4, -0.2) is 76.1 Å². The molecule has 2 amide bonds. The van der Waals surface area contributed by atoms with E-state index in [2.05, 4.69) is 30.4 Å². The van der Waals surface area contributed by atoms with Crippen LogP contribution in [0.5, 0.6) is 0 Å². The number of aliphatic hydroxyl groups excluding tert-OH is 1. The molecule has 2 aliphatic rings. The zero-order valence-electron chi connectivity index (χ0n) is 21.1. The lowest BCUT2D eigenvalue weighted by Crippen LogP contribution is -2.48. The molecule has 1 saturated heterocycles. The Bertz CT molecular complexity index is 1230. The molecule has 2 aromatic heterocycles. The maximum atomic E-state index is 12.3. The quantitative estimate of drug-likeness (QED) is 0.463. The van der Waals surface area contributed by atoms with Gasteiger partial charge < -0.3 is 30.3 Å². The van der Waals surface area contributed by atoms with Gasteiger partial charge in [0.1, 0.15) is 5.82 Å². The number of fused-ring (bicyclic) bond motifs is 1. The fourth-order valence-electron chi connectivity index (χ4n) is 4.41. The number of nitrogens with one attached hydrogen (secondary N) is 2. The minimum Gasteiger partial charge on any atom is -0.394 e. The average Bonchev–Trinajstić information content (AvgIpc) is 2.93. The van der Waals surface area contributed by atoms with E-state index in [0.29, 0.717) is 37.2 Å². The zero-order chi connectivity index (χ0) is 25.8. The summed E-state index contributed by atoms with van der Waals surface area (Å²) in [5.74, 6) is 2.29. The van der Waals surface area contributed by atoms with Crippen LogP contribution in [0, 0.1) is 0 Å². The molecule has 3 aromatic rings. The van der Waals surface area contributed by atoms with Crippen molar-refractivity contribution in [2.24, 2.45) is 0 Å². The first-order chi connectivity index (χ1) is 17.9. The van der Waals surface area contributed by atoms with Crippen LogP contribution in [0.2, 0.25) is 0 Å². The second kappa shape index (κ2) is 10.7. The van der Waals surface area contributed by atoms with E-state index in [9.17, 15) is 9.90 Å². The third kappa shape index (κ3) is 5.78. The zero-order valence-corrected chi connectivity index (χ0v) is 21.1. The minimum atomic E-state index is -0.713. The van der Waals surface area contributed by atoms with Gasteiger partial charge in [-0.05, 0) is 50.6 Å². The molecular formula is C26H32N8O3. The van der Waals surface area contributed by atoms with Crippen molar-refractivity contribution >= 4 is 23.5 Å². The van der Waals surface area contributed by atoms with E-state index >= 15 is 0 Å². The Morgan fingerprint density at radius 2 is 1.78 bits per heavy atom. The van der Waals surface area contributed by atoms with Gasteiger partial charge >= 0.3 is 6.03 Å². The summed E-state index contributed by atoms with van der Waals surface area (Å²) in [5, 5.41) is 14.9. The summed E-state index contributed by atoms with van der Waals surface area (Å²) in [6, 6.07) is 8.88. The van der Waals surface area contributed by atoms with Gasteiger partial charge in [-0.15, -0.1) is 0 Å². The van der Waals surface area contributed by atoms with Crippen molar-refractivity contribution in [1.82, 2.24) is 25.3 Å². The lowest BCUT2D eigenvalue weighted by molar-refractivity contribution is 0.122. The van der Waals surface area contributed by atoms with Crippen LogP contribution in [0.1, 0.15) is 25.1 Å². The number of benzene rings is 1. The number of carbonyl (C=O) groups is 1. The van der Waals surface area contributed by atoms with Gasteiger partial charge in [0, 0.05) is 48.8 Å². The van der Waals surface area contributed by atoms with E-state index in [1.807, 2.05) is 30.3 Å². The first kappa shape index (κ1) is 24.8. The maximum Gasteiger partial charge on any atom is 0.319 e. The molecule has 0 unspecified atom stereocenters. The van der Waals surface area contributed by atoms with Crippen LogP contribution < -0.4 is 20.4 Å². The molecule has 37 heavy (non-hydrogen) atoms. The van der Waals surface area contributed by atoms with Crippen LogP contribution in [-0.2, 0) is 17.7 Å². The van der Waals surface area contributed by atoms with Crippen LogP contribution in [0.3, 0.4) is 0 Å². The van der Waals surface area contributed by atoms with E-state index in [0.717, 1.165) is 43.1 Å². The number of amides is 2. The molecule has 4 heterocycles. The lowest BCUT2D eigenvalue weighted by atomic mass is 10.0. The number of aliphatic hydroxyl groups is 1. The molecule has 0 aliphatic carbocycles. The summed E-state index contributed by atoms with van der Waals surface area (Å²) in [5.41, 5.74) is 2.91. The standard InChI is InChI=1S/C26H32N8O3/c1-26(2,17-35)32-25(36)29-19-6-4-18(5-7-19)22-30-21-16-34(24-27-9-3-10-28-24)11-8-20(21)23(31-22)33-12-14-37-15-13-33/h3-7,9-10,35H,8,11-17H2,1-2H3,(H2,29,32,36). The number of urea groups is 1. The Kier molecular flexibility index (Phi) is 7.15. The fraction of sp³-hybridized carbons (Fsp3) is 0.423. The molecule has 0 bridgehead atoms. The third-order valence-corrected chi connectivity index (χ3v) is 6.44. The lowest BCUT2D eigenvalue weighted by Gasteiger charge is -2.34. The first-order valence-electron chi connectivity index (χ1n) is 12.5. The van der Waals surface area contributed by atoms with Crippen molar-refractivity contribution in [3.8, 4) is 11.4 Å². The smallest absolute Gasteiger partial charge is 0.319 e. The van der Waals surface area contributed by atoms with E-state index in [4.69, 9.17) is 14.7 Å². The number of hydrogen-bond acceptors (Lipinski definition) is 9. The molecule has 1 aromatic carbocycles. The largest absolute Gasteiger partial charge is 0.394 e. The number of aromatic nitrogens is 4. The molecule has 11 heteroatoms. The SMILES string of the molecule is CC(C)(CO)NC(=O)Nc1ccc(-c2nc3c(c(N4CCOCC4)n2)CCN(c2ncccn2)C3)cc1. The number of anilines is 3. The number of rotatable bonds is 6. The first-order valence-corrected chi connectivity index (χ1v) is 12.5. The number of morpholine rings is 1. The van der Waals surface area contributed by atoms with Crippen molar-refractivity contribution in [2.75, 3.05) is 54.6 Å². The van der Waals surface area contributed by atoms with Crippen LogP contribution in [0.25, 0.3) is 11.4 Å². The monoisotopic (exact) mass is 504 g/mol. The molecule has 0 spiro atoms.